The maximum Gasteiger partial charge on any atom is 0.313 e. The number of esters is 1. The molecule has 0 heterocycles. The van der Waals surface area contributed by atoms with Crippen LogP contribution in [0.3, 0.4) is 0 Å². The number of Topliss-reactive ketones (excluding diaryl/α,β-unsaturated/α-hetero) is 1. The van der Waals surface area contributed by atoms with Crippen LogP contribution in [0.25, 0.3) is 0 Å². The zero-order chi connectivity index (χ0) is 17.9. The summed E-state index contributed by atoms with van der Waals surface area (Å²) >= 11 is 0. The Bertz CT molecular complexity index is 353. The number of aliphatic hydroxyl groups excluding tert-OH is 5. The summed E-state index contributed by atoms with van der Waals surface area (Å²) < 4.78 is 10.1. The fraction of sp³-hybridized carbons (Fsp3) is 0.857. The summed E-state index contributed by atoms with van der Waals surface area (Å²) in [6.07, 6.45) is -0.406. The van der Waals surface area contributed by atoms with Gasteiger partial charge in [0.25, 0.3) is 0 Å². The van der Waals surface area contributed by atoms with Crippen molar-refractivity contribution in [2.75, 3.05) is 52.9 Å². The summed E-state index contributed by atoms with van der Waals surface area (Å²) in [4.78, 5) is 22.2. The molecule has 5 N–H and O–H groups in total. The van der Waals surface area contributed by atoms with Gasteiger partial charge in [-0.05, 0) is 6.92 Å². The lowest BCUT2D eigenvalue weighted by molar-refractivity contribution is -0.155. The van der Waals surface area contributed by atoms with Crippen LogP contribution in [0.15, 0.2) is 0 Å². The van der Waals surface area contributed by atoms with Gasteiger partial charge >= 0.3 is 5.97 Å². The Morgan fingerprint density at radius 1 is 0.783 bits per heavy atom. The lowest BCUT2D eigenvalue weighted by Gasteiger charge is -2.32. The van der Waals surface area contributed by atoms with Gasteiger partial charge in [-0.25, -0.2) is 0 Å². The van der Waals surface area contributed by atoms with Crippen molar-refractivity contribution < 1.29 is 44.6 Å². The molecule has 0 unspecified atom stereocenters. The summed E-state index contributed by atoms with van der Waals surface area (Å²) in [5.41, 5.74) is -2.54. The zero-order valence-electron chi connectivity index (χ0n) is 13.2. The van der Waals surface area contributed by atoms with E-state index in [0.717, 1.165) is 0 Å². The highest BCUT2D eigenvalue weighted by Gasteiger charge is 2.34. The van der Waals surface area contributed by atoms with E-state index in [1.807, 2.05) is 0 Å². The standard InChI is InChI=1S/C14H26O9/c1-11(20)2-12(21)23-10-14(6-18,7-19)9-22-8-13(3-15,4-16)5-17/h15-19H,2-10H2,1H3. The lowest BCUT2D eigenvalue weighted by Crippen LogP contribution is -2.44. The van der Waals surface area contributed by atoms with E-state index in [1.54, 1.807) is 0 Å². The van der Waals surface area contributed by atoms with Crippen molar-refractivity contribution in [2.24, 2.45) is 10.8 Å². The molecule has 9 heteroatoms. The van der Waals surface area contributed by atoms with Crippen LogP contribution >= 0.6 is 0 Å². The van der Waals surface area contributed by atoms with Crippen molar-refractivity contribution in [3.05, 3.63) is 0 Å². The zero-order valence-corrected chi connectivity index (χ0v) is 13.2. The fourth-order valence-corrected chi connectivity index (χ4v) is 1.53. The molecule has 0 rings (SSSR count). The maximum absolute atomic E-state index is 11.4. The Balaban J connectivity index is 4.59. The third-order valence-electron chi connectivity index (χ3n) is 3.43. The number of aliphatic hydroxyl groups is 5. The van der Waals surface area contributed by atoms with Gasteiger partial charge in [-0.1, -0.05) is 0 Å². The molecule has 0 fully saturated rings. The minimum absolute atomic E-state index is 0.223. The molecular weight excluding hydrogens is 312 g/mol. The van der Waals surface area contributed by atoms with Gasteiger partial charge < -0.3 is 35.0 Å². The molecule has 0 aliphatic heterocycles. The summed E-state index contributed by atoms with van der Waals surface area (Å²) in [7, 11) is 0. The Hall–Kier alpha value is -1.10. The second kappa shape index (κ2) is 10.6. The molecule has 0 aliphatic rings. The second-order valence-electron chi connectivity index (χ2n) is 5.82. The summed E-state index contributed by atoms with van der Waals surface area (Å²) in [5.74, 6) is -1.15. The molecule has 136 valence electrons. The molecule has 0 saturated carbocycles. The van der Waals surface area contributed by atoms with Crippen molar-refractivity contribution in [3.8, 4) is 0 Å². The normalized spacial score (nSPS) is 12.3. The minimum Gasteiger partial charge on any atom is -0.464 e. The maximum atomic E-state index is 11.4. The van der Waals surface area contributed by atoms with E-state index in [1.165, 1.54) is 6.92 Å². The molecule has 9 nitrogen and oxygen atoms in total. The number of ether oxygens (including phenoxy) is 2. The quantitative estimate of drug-likeness (QED) is 0.180. The molecule has 0 radical (unpaired) electrons. The highest BCUT2D eigenvalue weighted by atomic mass is 16.5. The Kier molecular flexibility index (Phi) is 10.1. The third kappa shape index (κ3) is 7.34. The van der Waals surface area contributed by atoms with Gasteiger partial charge in [-0.15, -0.1) is 0 Å². The van der Waals surface area contributed by atoms with Gasteiger partial charge in [0, 0.05) is 0 Å². The molecule has 0 amide bonds. The van der Waals surface area contributed by atoms with Crippen LogP contribution in [0.1, 0.15) is 13.3 Å². The van der Waals surface area contributed by atoms with Gasteiger partial charge in [0.05, 0.1) is 57.1 Å². The third-order valence-corrected chi connectivity index (χ3v) is 3.43. The molecule has 0 atom stereocenters. The second-order valence-corrected chi connectivity index (χ2v) is 5.82. The average Bonchev–Trinajstić information content (AvgIpc) is 2.55. The monoisotopic (exact) mass is 338 g/mol. The molecule has 0 aromatic carbocycles. The largest absolute Gasteiger partial charge is 0.464 e. The summed E-state index contributed by atoms with van der Waals surface area (Å²) in [6, 6.07) is 0. The van der Waals surface area contributed by atoms with Crippen molar-refractivity contribution in [1.82, 2.24) is 0 Å². The SMILES string of the molecule is CC(=O)CC(=O)OCC(CO)(CO)COCC(CO)(CO)CO. The van der Waals surface area contributed by atoms with Gasteiger partial charge in [-0.2, -0.15) is 0 Å². The summed E-state index contributed by atoms with van der Waals surface area (Å²) in [6.45, 7) is -2.25. The van der Waals surface area contributed by atoms with E-state index in [4.69, 9.17) is 9.47 Å². The molecular formula is C14H26O9. The van der Waals surface area contributed by atoms with Crippen LogP contribution in [0, 0.1) is 10.8 Å². The first kappa shape index (κ1) is 21.9. The van der Waals surface area contributed by atoms with E-state index in [2.05, 4.69) is 0 Å². The number of carbonyl (C=O) groups is 2. The lowest BCUT2D eigenvalue weighted by atomic mass is 9.90. The number of hydrogen-bond acceptors (Lipinski definition) is 9. The van der Waals surface area contributed by atoms with Crippen LogP contribution in [-0.4, -0.2) is 90.1 Å². The Morgan fingerprint density at radius 3 is 1.61 bits per heavy atom. The first-order valence-electron chi connectivity index (χ1n) is 7.10. The van der Waals surface area contributed by atoms with Crippen molar-refractivity contribution in [2.45, 2.75) is 13.3 Å². The van der Waals surface area contributed by atoms with Gasteiger partial charge in [-0.3, -0.25) is 9.59 Å². The fourth-order valence-electron chi connectivity index (χ4n) is 1.53. The van der Waals surface area contributed by atoms with Gasteiger partial charge in [0.15, 0.2) is 0 Å². The Morgan fingerprint density at radius 2 is 1.22 bits per heavy atom. The average molecular weight is 338 g/mol. The Labute approximate surface area is 134 Å². The van der Waals surface area contributed by atoms with E-state index in [0.29, 0.717) is 0 Å². The van der Waals surface area contributed by atoms with Crippen LogP contribution in [-0.2, 0) is 19.1 Å². The predicted octanol–water partition coefficient (Wildman–Crippen LogP) is -2.54. The van der Waals surface area contributed by atoms with E-state index < -0.39 is 56.3 Å². The molecule has 0 aromatic heterocycles. The van der Waals surface area contributed by atoms with Crippen molar-refractivity contribution >= 4 is 11.8 Å². The van der Waals surface area contributed by atoms with Gasteiger partial charge in [0.1, 0.15) is 18.8 Å². The molecule has 0 aromatic rings. The van der Waals surface area contributed by atoms with Crippen molar-refractivity contribution in [3.63, 3.8) is 0 Å². The summed E-state index contributed by atoms with van der Waals surface area (Å²) in [5, 5.41) is 46.4. The van der Waals surface area contributed by atoms with Crippen LogP contribution in [0.5, 0.6) is 0 Å². The van der Waals surface area contributed by atoms with E-state index >= 15 is 0 Å². The molecule has 23 heavy (non-hydrogen) atoms. The van der Waals surface area contributed by atoms with Crippen LogP contribution in [0.2, 0.25) is 0 Å². The molecule has 0 bridgehead atoms. The smallest absolute Gasteiger partial charge is 0.313 e. The molecule has 0 aliphatic carbocycles. The first-order valence-corrected chi connectivity index (χ1v) is 7.10. The highest BCUT2D eigenvalue weighted by Crippen LogP contribution is 2.21. The number of carbonyl (C=O) groups excluding carboxylic acids is 2. The minimum atomic E-state index is -1.29. The number of rotatable bonds is 13. The molecule has 0 spiro atoms. The number of ketones is 1. The van der Waals surface area contributed by atoms with Crippen LogP contribution < -0.4 is 0 Å². The molecule has 0 saturated heterocycles. The van der Waals surface area contributed by atoms with Crippen molar-refractivity contribution in [1.29, 1.82) is 0 Å². The van der Waals surface area contributed by atoms with E-state index in [-0.39, 0.29) is 25.6 Å². The number of hydrogen-bond donors (Lipinski definition) is 5. The predicted molar refractivity (Wildman–Crippen MR) is 77.4 cm³/mol. The van der Waals surface area contributed by atoms with Gasteiger partial charge in [0.2, 0.25) is 0 Å². The topological polar surface area (TPSA) is 154 Å². The highest BCUT2D eigenvalue weighted by molar-refractivity contribution is 5.94. The first-order chi connectivity index (χ1) is 10.8. The van der Waals surface area contributed by atoms with Crippen LogP contribution in [0.4, 0.5) is 0 Å². The van der Waals surface area contributed by atoms with E-state index in [9.17, 15) is 35.1 Å².